The Morgan fingerprint density at radius 1 is 1.00 bits per heavy atom. The van der Waals surface area contributed by atoms with Gasteiger partial charge in [-0.25, -0.2) is 4.39 Å². The molecule has 0 heterocycles. The highest BCUT2D eigenvalue weighted by atomic mass is 35.5. The van der Waals surface area contributed by atoms with Gasteiger partial charge in [0.15, 0.2) is 0 Å². The van der Waals surface area contributed by atoms with Crippen LogP contribution in [0.25, 0.3) is 11.1 Å². The zero-order valence-electron chi connectivity index (χ0n) is 8.80. The van der Waals surface area contributed by atoms with Gasteiger partial charge < -0.3 is 5.73 Å². The summed E-state index contributed by atoms with van der Waals surface area (Å²) in [6.45, 7) is 1.95. The van der Waals surface area contributed by atoms with Crippen molar-refractivity contribution >= 4 is 17.3 Å². The fourth-order valence-electron chi connectivity index (χ4n) is 1.70. The minimum absolute atomic E-state index is 0.345. The first-order valence-corrected chi connectivity index (χ1v) is 5.26. The molecule has 0 aliphatic carbocycles. The topological polar surface area (TPSA) is 26.0 Å². The van der Waals surface area contributed by atoms with Gasteiger partial charge in [0.05, 0.1) is 0 Å². The molecule has 2 aromatic rings. The van der Waals surface area contributed by atoms with E-state index in [1.807, 2.05) is 19.1 Å². The zero-order chi connectivity index (χ0) is 11.7. The summed E-state index contributed by atoms with van der Waals surface area (Å²) in [4.78, 5) is 0. The van der Waals surface area contributed by atoms with Crippen molar-refractivity contribution in [1.82, 2.24) is 0 Å². The van der Waals surface area contributed by atoms with E-state index in [1.54, 1.807) is 12.1 Å². The standard InChI is InChI=1S/C13H11ClFN/c1-8-2-9(6-13(16)3-8)10-4-11(14)7-12(15)5-10/h2-7H,16H2,1H3. The lowest BCUT2D eigenvalue weighted by Gasteiger charge is -2.06. The van der Waals surface area contributed by atoms with E-state index in [1.165, 1.54) is 12.1 Å². The van der Waals surface area contributed by atoms with Crippen LogP contribution in [0.15, 0.2) is 36.4 Å². The lowest BCUT2D eigenvalue weighted by molar-refractivity contribution is 0.628. The molecule has 0 atom stereocenters. The van der Waals surface area contributed by atoms with Gasteiger partial charge >= 0.3 is 0 Å². The molecule has 0 aromatic heterocycles. The van der Waals surface area contributed by atoms with Crippen molar-refractivity contribution in [2.45, 2.75) is 6.92 Å². The van der Waals surface area contributed by atoms with Crippen LogP contribution in [0.5, 0.6) is 0 Å². The normalized spacial score (nSPS) is 10.4. The van der Waals surface area contributed by atoms with E-state index < -0.39 is 0 Å². The first-order chi connectivity index (χ1) is 7.54. The molecule has 82 valence electrons. The van der Waals surface area contributed by atoms with Crippen molar-refractivity contribution in [3.8, 4) is 11.1 Å². The van der Waals surface area contributed by atoms with Gasteiger partial charge in [0.25, 0.3) is 0 Å². The summed E-state index contributed by atoms with van der Waals surface area (Å²) in [5.74, 6) is -0.345. The Bertz CT molecular complexity index is 447. The highest BCUT2D eigenvalue weighted by Gasteiger charge is 2.03. The number of nitrogen functional groups attached to an aromatic ring is 1. The van der Waals surface area contributed by atoms with Crippen LogP contribution in [0.1, 0.15) is 5.56 Å². The number of anilines is 1. The Labute approximate surface area is 98.7 Å². The van der Waals surface area contributed by atoms with Crippen LogP contribution in [0.4, 0.5) is 10.1 Å². The average molecular weight is 236 g/mol. The maximum absolute atomic E-state index is 13.2. The number of hydrogen-bond acceptors (Lipinski definition) is 1. The van der Waals surface area contributed by atoms with Gasteiger partial charge in [-0.1, -0.05) is 17.7 Å². The molecule has 0 radical (unpaired) electrons. The predicted molar refractivity (Wildman–Crippen MR) is 66.0 cm³/mol. The lowest BCUT2D eigenvalue weighted by Crippen LogP contribution is -1.88. The third-order valence-electron chi connectivity index (χ3n) is 2.30. The second kappa shape index (κ2) is 4.14. The molecule has 0 spiro atoms. The van der Waals surface area contributed by atoms with Crippen molar-refractivity contribution in [2.24, 2.45) is 0 Å². The summed E-state index contributed by atoms with van der Waals surface area (Å²) in [7, 11) is 0. The third-order valence-corrected chi connectivity index (χ3v) is 2.51. The van der Waals surface area contributed by atoms with Gasteiger partial charge in [0, 0.05) is 10.7 Å². The van der Waals surface area contributed by atoms with E-state index in [0.29, 0.717) is 10.7 Å². The molecule has 0 unspecified atom stereocenters. The molecule has 2 aromatic carbocycles. The van der Waals surface area contributed by atoms with Gasteiger partial charge in [-0.05, 0) is 53.9 Å². The molecule has 2 rings (SSSR count). The van der Waals surface area contributed by atoms with E-state index in [-0.39, 0.29) is 5.82 Å². The first kappa shape index (κ1) is 11.0. The minimum atomic E-state index is -0.345. The molecule has 16 heavy (non-hydrogen) atoms. The Kier molecular flexibility index (Phi) is 2.84. The van der Waals surface area contributed by atoms with Gasteiger partial charge in [-0.2, -0.15) is 0 Å². The Balaban J connectivity index is 2.57. The van der Waals surface area contributed by atoms with Crippen LogP contribution >= 0.6 is 11.6 Å². The second-order valence-corrected chi connectivity index (χ2v) is 4.23. The van der Waals surface area contributed by atoms with E-state index in [9.17, 15) is 4.39 Å². The maximum Gasteiger partial charge on any atom is 0.125 e. The van der Waals surface area contributed by atoms with Gasteiger partial charge in [0.1, 0.15) is 5.82 Å². The van der Waals surface area contributed by atoms with Crippen LogP contribution < -0.4 is 5.73 Å². The molecular formula is C13H11ClFN. The van der Waals surface area contributed by atoms with Crippen LogP contribution in [0, 0.1) is 12.7 Å². The molecule has 2 N–H and O–H groups in total. The Hall–Kier alpha value is -1.54. The summed E-state index contributed by atoms with van der Waals surface area (Å²) in [5, 5.41) is 0.384. The lowest BCUT2D eigenvalue weighted by atomic mass is 10.0. The van der Waals surface area contributed by atoms with Gasteiger partial charge in [0.2, 0.25) is 0 Å². The molecule has 3 heteroatoms. The van der Waals surface area contributed by atoms with Crippen molar-refractivity contribution in [2.75, 3.05) is 5.73 Å². The predicted octanol–water partition coefficient (Wildman–Crippen LogP) is 4.04. The Morgan fingerprint density at radius 3 is 2.31 bits per heavy atom. The fourth-order valence-corrected chi connectivity index (χ4v) is 1.92. The maximum atomic E-state index is 13.2. The van der Waals surface area contributed by atoms with E-state index in [4.69, 9.17) is 17.3 Å². The third kappa shape index (κ3) is 2.34. The smallest absolute Gasteiger partial charge is 0.125 e. The highest BCUT2D eigenvalue weighted by molar-refractivity contribution is 6.30. The molecule has 0 bridgehead atoms. The van der Waals surface area contributed by atoms with Crippen molar-refractivity contribution in [3.63, 3.8) is 0 Å². The highest BCUT2D eigenvalue weighted by Crippen LogP contribution is 2.26. The van der Waals surface area contributed by atoms with Crippen molar-refractivity contribution in [3.05, 3.63) is 52.8 Å². The van der Waals surface area contributed by atoms with Crippen LogP contribution in [-0.4, -0.2) is 0 Å². The quantitative estimate of drug-likeness (QED) is 0.742. The average Bonchev–Trinajstić information content (AvgIpc) is 2.14. The number of rotatable bonds is 1. The number of hydrogen-bond donors (Lipinski definition) is 1. The van der Waals surface area contributed by atoms with Crippen LogP contribution in [0.2, 0.25) is 5.02 Å². The molecule has 0 saturated heterocycles. The largest absolute Gasteiger partial charge is 0.399 e. The number of benzene rings is 2. The summed E-state index contributed by atoms with van der Waals surface area (Å²) in [6.07, 6.45) is 0. The first-order valence-electron chi connectivity index (χ1n) is 4.88. The molecular weight excluding hydrogens is 225 g/mol. The van der Waals surface area contributed by atoms with Crippen LogP contribution in [0.3, 0.4) is 0 Å². The fraction of sp³-hybridized carbons (Fsp3) is 0.0769. The number of aryl methyl sites for hydroxylation is 1. The molecule has 0 amide bonds. The molecule has 0 fully saturated rings. The number of halogens is 2. The van der Waals surface area contributed by atoms with Crippen molar-refractivity contribution < 1.29 is 4.39 Å². The second-order valence-electron chi connectivity index (χ2n) is 3.79. The summed E-state index contributed by atoms with van der Waals surface area (Å²) in [6, 6.07) is 10.1. The monoisotopic (exact) mass is 235 g/mol. The summed E-state index contributed by atoms with van der Waals surface area (Å²) < 4.78 is 13.2. The number of nitrogens with two attached hydrogens (primary N) is 1. The van der Waals surface area contributed by atoms with E-state index in [0.717, 1.165) is 16.7 Å². The van der Waals surface area contributed by atoms with Gasteiger partial charge in [-0.15, -0.1) is 0 Å². The van der Waals surface area contributed by atoms with E-state index >= 15 is 0 Å². The summed E-state index contributed by atoms with van der Waals surface area (Å²) in [5.41, 5.74) is 9.06. The SMILES string of the molecule is Cc1cc(N)cc(-c2cc(F)cc(Cl)c2)c1. The summed E-state index contributed by atoms with van der Waals surface area (Å²) >= 11 is 5.81. The molecule has 1 nitrogen and oxygen atoms in total. The Morgan fingerprint density at radius 2 is 1.69 bits per heavy atom. The minimum Gasteiger partial charge on any atom is -0.399 e. The molecule has 0 aliphatic rings. The zero-order valence-corrected chi connectivity index (χ0v) is 9.55. The van der Waals surface area contributed by atoms with Crippen LogP contribution in [-0.2, 0) is 0 Å². The van der Waals surface area contributed by atoms with Gasteiger partial charge in [-0.3, -0.25) is 0 Å². The van der Waals surface area contributed by atoms with Crippen molar-refractivity contribution in [1.29, 1.82) is 0 Å². The molecule has 0 aliphatic heterocycles. The molecule has 0 saturated carbocycles. The van der Waals surface area contributed by atoms with E-state index in [2.05, 4.69) is 0 Å².